The second kappa shape index (κ2) is 30.9. The van der Waals surface area contributed by atoms with Crippen molar-refractivity contribution in [3.8, 4) is 0 Å². The Morgan fingerprint density at radius 3 is 1.84 bits per heavy atom. The van der Waals surface area contributed by atoms with Gasteiger partial charge in [-0.25, -0.2) is 19.5 Å². The lowest BCUT2D eigenvalue weighted by Crippen LogP contribution is -2.44. The van der Waals surface area contributed by atoms with E-state index in [9.17, 15) is 58.5 Å². The van der Waals surface area contributed by atoms with Gasteiger partial charge in [-0.3, -0.25) is 28.8 Å². The topological polar surface area (TPSA) is 359 Å². The average Bonchev–Trinajstić information content (AvgIpc) is 3.77. The molecule has 0 bridgehead atoms. The molecule has 0 saturated carbocycles. The van der Waals surface area contributed by atoms with Crippen molar-refractivity contribution in [2.24, 2.45) is 0 Å². The Hall–Kier alpha value is -5.08. The standard InChI is InChI=1S/C38H64N10O14S2/c1-5-27(49)39-15-7-6-9-24(33(55)56)43-32(54)22-62-19-18-61-17-16-40-28(50)13-11-25(34(57)58)42-30(52)14-12-26(35(59)60)41-29(51)10-8-20-64-46-31(53)21-38(4,63)23-37(2,3)36-44-47-48-45-36/h24-26,63H,5-23H2,1-4H3,(H,39,49)(H,40,50)(H,41,51)(H,42,52)(H,43,54)(H,46,53)(H,55,56)(H,57,58)(H,59,60)(H,44,45,47,48). The number of carbonyl (C=O) groups excluding carboxylic acids is 6. The Bertz CT molecular complexity index is 1670. The Kier molecular flexibility index (Phi) is 27.5. The summed E-state index contributed by atoms with van der Waals surface area (Å²) in [6.45, 7) is 7.59. The number of amides is 6. The molecule has 0 aliphatic heterocycles. The van der Waals surface area contributed by atoms with Crippen LogP contribution in [0.5, 0.6) is 0 Å². The molecule has 6 amide bonds. The number of aromatic nitrogens is 4. The van der Waals surface area contributed by atoms with E-state index in [1.54, 1.807) is 6.92 Å². The lowest BCUT2D eigenvalue weighted by atomic mass is 9.81. The van der Waals surface area contributed by atoms with E-state index in [0.29, 0.717) is 50.2 Å². The van der Waals surface area contributed by atoms with Crippen molar-refractivity contribution in [1.82, 2.24) is 51.9 Å². The molecule has 26 heteroatoms. The molecule has 10 N–H and O–H groups in total. The predicted molar refractivity (Wildman–Crippen MR) is 233 cm³/mol. The van der Waals surface area contributed by atoms with Crippen molar-refractivity contribution in [2.45, 2.75) is 133 Å². The summed E-state index contributed by atoms with van der Waals surface area (Å²) in [6.07, 6.45) is 1.10. The molecular formula is C38H64N10O14S2. The molecule has 64 heavy (non-hydrogen) atoms. The number of aliphatic carboxylic acids is 3. The maximum absolute atomic E-state index is 12.5. The normalized spacial score (nSPS) is 13.6. The molecule has 1 heterocycles. The van der Waals surface area contributed by atoms with Crippen LogP contribution in [0.25, 0.3) is 0 Å². The molecule has 4 atom stereocenters. The van der Waals surface area contributed by atoms with Gasteiger partial charge in [-0.05, 0) is 55.4 Å². The van der Waals surface area contributed by atoms with Crippen molar-refractivity contribution in [3.05, 3.63) is 5.82 Å². The molecule has 24 nitrogen and oxygen atoms in total. The molecule has 0 aromatic carbocycles. The Morgan fingerprint density at radius 2 is 1.25 bits per heavy atom. The first kappa shape index (κ1) is 56.9. The molecule has 0 fully saturated rings. The van der Waals surface area contributed by atoms with Crippen LogP contribution in [0.1, 0.15) is 111 Å². The van der Waals surface area contributed by atoms with E-state index in [2.05, 4.69) is 64.6 Å². The maximum atomic E-state index is 12.5. The summed E-state index contributed by atoms with van der Waals surface area (Å²) < 4.78 is 12.5. The third-order valence-electron chi connectivity index (χ3n) is 9.14. The fourth-order valence-corrected chi connectivity index (χ4v) is 7.18. The SMILES string of the molecule is CCC(=O)NCCCCC(NC(=O)COCCOCCNC(=O)CCC(NC(=O)CCC(NC(=O)CCCSNC(=O)CC(C)(S)CC(C)(C)c1nnn[nH]1)C(=O)O)C(=O)O)C(=O)O. The van der Waals surface area contributed by atoms with Gasteiger partial charge >= 0.3 is 17.9 Å². The second-order valence-corrected chi connectivity index (χ2v) is 17.6. The highest BCUT2D eigenvalue weighted by Gasteiger charge is 2.35. The number of nitrogens with zero attached hydrogens (tertiary/aromatic N) is 3. The van der Waals surface area contributed by atoms with Crippen molar-refractivity contribution in [2.75, 3.05) is 45.3 Å². The number of hydrogen-bond donors (Lipinski definition) is 11. The number of aromatic amines is 1. The highest BCUT2D eigenvalue weighted by atomic mass is 32.2. The smallest absolute Gasteiger partial charge is 0.326 e. The summed E-state index contributed by atoms with van der Waals surface area (Å²) in [5, 5.41) is 54.6. The number of tetrazole rings is 1. The average molecular weight is 949 g/mol. The van der Waals surface area contributed by atoms with Crippen LogP contribution in [0.4, 0.5) is 0 Å². The Labute approximate surface area is 380 Å². The van der Waals surface area contributed by atoms with Gasteiger partial charge in [0.15, 0.2) is 5.82 Å². The zero-order chi connectivity index (χ0) is 48.1. The first-order chi connectivity index (χ1) is 30.1. The molecule has 0 aliphatic carbocycles. The van der Waals surface area contributed by atoms with Crippen LogP contribution in [0.2, 0.25) is 0 Å². The van der Waals surface area contributed by atoms with Crippen LogP contribution in [0.15, 0.2) is 0 Å². The molecule has 362 valence electrons. The fraction of sp³-hybridized carbons (Fsp3) is 0.737. The second-order valence-electron chi connectivity index (χ2n) is 15.6. The summed E-state index contributed by atoms with van der Waals surface area (Å²) >= 11 is 5.75. The third-order valence-corrected chi connectivity index (χ3v) is 10.3. The van der Waals surface area contributed by atoms with Crippen molar-refractivity contribution >= 4 is 77.9 Å². The number of H-pyrrole nitrogens is 1. The van der Waals surface area contributed by atoms with Gasteiger partial charge in [-0.15, -0.1) is 5.10 Å². The predicted octanol–water partition coefficient (Wildman–Crippen LogP) is -0.395. The van der Waals surface area contributed by atoms with Crippen LogP contribution in [-0.2, 0) is 58.0 Å². The van der Waals surface area contributed by atoms with Crippen LogP contribution in [0.3, 0.4) is 0 Å². The van der Waals surface area contributed by atoms with E-state index in [1.807, 2.05) is 20.8 Å². The van der Waals surface area contributed by atoms with Crippen molar-refractivity contribution < 1.29 is 67.9 Å². The number of hydrogen-bond acceptors (Lipinski definition) is 16. The van der Waals surface area contributed by atoms with Gasteiger partial charge in [0.2, 0.25) is 35.4 Å². The van der Waals surface area contributed by atoms with Gasteiger partial charge < -0.3 is 56.1 Å². The van der Waals surface area contributed by atoms with E-state index in [1.165, 1.54) is 0 Å². The quantitative estimate of drug-likeness (QED) is 0.0232. The zero-order valence-electron chi connectivity index (χ0n) is 36.7. The molecule has 1 aromatic rings. The molecule has 0 aliphatic rings. The van der Waals surface area contributed by atoms with Gasteiger partial charge in [-0.2, -0.15) is 12.6 Å². The van der Waals surface area contributed by atoms with E-state index in [4.69, 9.17) is 9.47 Å². The van der Waals surface area contributed by atoms with Crippen LogP contribution in [-0.4, -0.2) is 157 Å². The molecule has 0 saturated heterocycles. The van der Waals surface area contributed by atoms with Crippen molar-refractivity contribution in [3.63, 3.8) is 0 Å². The fourth-order valence-electron chi connectivity index (χ4n) is 6.02. The largest absolute Gasteiger partial charge is 0.480 e. The first-order valence-electron chi connectivity index (χ1n) is 20.8. The van der Waals surface area contributed by atoms with Crippen LogP contribution in [0, 0.1) is 0 Å². The zero-order valence-corrected chi connectivity index (χ0v) is 38.4. The van der Waals surface area contributed by atoms with Crippen LogP contribution < -0.4 is 31.3 Å². The minimum Gasteiger partial charge on any atom is -0.480 e. The molecular weight excluding hydrogens is 885 g/mol. The number of unbranched alkanes of at least 4 members (excludes halogenated alkanes) is 1. The van der Waals surface area contributed by atoms with Gasteiger partial charge in [0, 0.05) is 61.1 Å². The molecule has 1 aromatic heterocycles. The number of carboxylic acid groups (broad SMARTS) is 3. The minimum atomic E-state index is -1.45. The number of carbonyl (C=O) groups is 9. The van der Waals surface area contributed by atoms with E-state index in [-0.39, 0.29) is 76.7 Å². The maximum Gasteiger partial charge on any atom is 0.326 e. The van der Waals surface area contributed by atoms with Gasteiger partial charge in [0.1, 0.15) is 24.7 Å². The molecule has 0 spiro atoms. The number of carboxylic acids is 3. The monoisotopic (exact) mass is 948 g/mol. The first-order valence-corrected chi connectivity index (χ1v) is 22.2. The number of ether oxygens (including phenoxy) is 2. The molecule has 0 radical (unpaired) electrons. The summed E-state index contributed by atoms with van der Waals surface area (Å²) in [5.41, 5.74) is -0.468. The van der Waals surface area contributed by atoms with Crippen molar-refractivity contribution in [1.29, 1.82) is 0 Å². The number of rotatable bonds is 36. The van der Waals surface area contributed by atoms with E-state index < -0.39 is 82.9 Å². The lowest BCUT2D eigenvalue weighted by Gasteiger charge is -2.31. The number of nitrogens with one attached hydrogen (secondary N) is 7. The highest BCUT2D eigenvalue weighted by Crippen LogP contribution is 2.35. The molecule has 4 unspecified atom stereocenters. The highest BCUT2D eigenvalue weighted by molar-refractivity contribution is 7.97. The summed E-state index contributed by atoms with van der Waals surface area (Å²) in [7, 11) is 0. The molecule has 1 rings (SSSR count). The Balaban J connectivity index is 2.27. The number of thiol groups is 1. The summed E-state index contributed by atoms with van der Waals surface area (Å²) in [4.78, 5) is 108. The minimum absolute atomic E-state index is 0.000589. The van der Waals surface area contributed by atoms with Gasteiger partial charge in [0.25, 0.3) is 0 Å². The summed E-state index contributed by atoms with van der Waals surface area (Å²) in [5.74, 6) is -5.98. The third kappa shape index (κ3) is 26.5. The van der Waals surface area contributed by atoms with E-state index >= 15 is 0 Å². The van der Waals surface area contributed by atoms with E-state index in [0.717, 1.165) is 11.9 Å². The van der Waals surface area contributed by atoms with Gasteiger partial charge in [0.05, 0.1) is 19.8 Å². The lowest BCUT2D eigenvalue weighted by molar-refractivity contribution is -0.143. The summed E-state index contributed by atoms with van der Waals surface area (Å²) in [6, 6.07) is -3.98. The van der Waals surface area contributed by atoms with Crippen LogP contribution >= 0.6 is 24.6 Å². The van der Waals surface area contributed by atoms with Gasteiger partial charge in [-0.1, -0.05) is 39.6 Å². The Morgan fingerprint density at radius 1 is 0.688 bits per heavy atom.